The van der Waals surface area contributed by atoms with Crippen molar-refractivity contribution in [2.24, 2.45) is 0 Å². The molecule has 0 atom stereocenters. The van der Waals surface area contributed by atoms with Crippen LogP contribution in [0, 0.1) is 17.0 Å². The summed E-state index contributed by atoms with van der Waals surface area (Å²) in [6.07, 6.45) is 0. The summed E-state index contributed by atoms with van der Waals surface area (Å²) in [5.41, 5.74) is 2.67. The van der Waals surface area contributed by atoms with E-state index < -0.39 is 4.92 Å². The van der Waals surface area contributed by atoms with Gasteiger partial charge in [-0.25, -0.2) is 0 Å². The molecule has 8 heteroatoms. The zero-order valence-corrected chi connectivity index (χ0v) is 16.6. The Morgan fingerprint density at radius 1 is 1.10 bits per heavy atom. The van der Waals surface area contributed by atoms with Crippen LogP contribution >= 0.6 is 0 Å². The van der Waals surface area contributed by atoms with E-state index in [9.17, 15) is 19.7 Å². The molecule has 0 saturated carbocycles. The Morgan fingerprint density at radius 2 is 1.79 bits per heavy atom. The molecule has 1 aliphatic heterocycles. The van der Waals surface area contributed by atoms with Crippen molar-refractivity contribution < 1.29 is 14.5 Å². The van der Waals surface area contributed by atoms with E-state index >= 15 is 0 Å². The Kier molecular flexibility index (Phi) is 6.11. The number of hydrogen-bond acceptors (Lipinski definition) is 5. The Hall–Kier alpha value is -3.42. The fourth-order valence-corrected chi connectivity index (χ4v) is 3.43. The first-order valence-electron chi connectivity index (χ1n) is 9.48. The van der Waals surface area contributed by atoms with E-state index in [1.807, 2.05) is 36.1 Å². The molecule has 29 heavy (non-hydrogen) atoms. The largest absolute Gasteiger partial charge is 0.362 e. The summed E-state index contributed by atoms with van der Waals surface area (Å²) in [5.74, 6) is -0.357. The first-order valence-corrected chi connectivity index (χ1v) is 9.48. The minimum absolute atomic E-state index is 0.000165. The number of nitro benzene ring substituents is 1. The summed E-state index contributed by atoms with van der Waals surface area (Å²) in [6, 6.07) is 12.3. The summed E-state index contributed by atoms with van der Waals surface area (Å²) in [4.78, 5) is 38.7. The van der Waals surface area contributed by atoms with Gasteiger partial charge in [0, 0.05) is 51.3 Å². The number of benzene rings is 2. The fraction of sp³-hybridized carbons (Fsp3) is 0.333. The van der Waals surface area contributed by atoms with Crippen molar-refractivity contribution in [1.82, 2.24) is 10.2 Å². The van der Waals surface area contributed by atoms with E-state index in [0.29, 0.717) is 38.4 Å². The molecule has 0 aromatic heterocycles. The van der Waals surface area contributed by atoms with E-state index in [0.717, 1.165) is 11.1 Å². The first kappa shape index (κ1) is 20.3. The van der Waals surface area contributed by atoms with Crippen LogP contribution in [-0.4, -0.2) is 47.8 Å². The second-order valence-corrected chi connectivity index (χ2v) is 7.06. The molecule has 0 aliphatic carbocycles. The zero-order chi connectivity index (χ0) is 21.0. The van der Waals surface area contributed by atoms with Crippen molar-refractivity contribution >= 4 is 23.2 Å². The average Bonchev–Trinajstić information content (AvgIpc) is 2.72. The highest BCUT2D eigenvalue weighted by Crippen LogP contribution is 2.30. The van der Waals surface area contributed by atoms with Crippen LogP contribution in [0.3, 0.4) is 0 Å². The van der Waals surface area contributed by atoms with Gasteiger partial charge < -0.3 is 15.1 Å². The summed E-state index contributed by atoms with van der Waals surface area (Å²) in [6.45, 7) is 5.90. The molecule has 0 unspecified atom stereocenters. The van der Waals surface area contributed by atoms with E-state index in [2.05, 4.69) is 5.32 Å². The van der Waals surface area contributed by atoms with E-state index in [1.54, 1.807) is 17.0 Å². The van der Waals surface area contributed by atoms with Gasteiger partial charge in [0.2, 0.25) is 5.91 Å². The maximum atomic E-state index is 12.5. The van der Waals surface area contributed by atoms with Crippen LogP contribution in [0.2, 0.25) is 0 Å². The third-order valence-corrected chi connectivity index (χ3v) is 5.20. The van der Waals surface area contributed by atoms with Crippen LogP contribution in [0.4, 0.5) is 11.4 Å². The molecular weight excluding hydrogens is 372 g/mol. The molecule has 0 bridgehead atoms. The summed E-state index contributed by atoms with van der Waals surface area (Å²) in [5, 5.41) is 14.4. The Balaban J connectivity index is 1.74. The number of aryl methyl sites for hydroxylation is 1. The van der Waals surface area contributed by atoms with Crippen LogP contribution in [0.5, 0.6) is 0 Å². The van der Waals surface area contributed by atoms with Gasteiger partial charge in [-0.1, -0.05) is 24.3 Å². The molecule has 0 radical (unpaired) electrons. The SMILES string of the molecule is CC(=O)N1CCN(c2ccc(C(=O)NCc3ccccc3C)cc2[N+](=O)[O-])CC1. The normalized spacial score (nSPS) is 13.9. The fourth-order valence-electron chi connectivity index (χ4n) is 3.43. The van der Waals surface area contributed by atoms with Crippen molar-refractivity contribution in [2.75, 3.05) is 31.1 Å². The molecule has 1 heterocycles. The number of carbonyl (C=O) groups is 2. The van der Waals surface area contributed by atoms with Crippen molar-refractivity contribution in [3.05, 3.63) is 69.3 Å². The smallest absolute Gasteiger partial charge is 0.293 e. The van der Waals surface area contributed by atoms with Crippen LogP contribution in [0.1, 0.15) is 28.4 Å². The third kappa shape index (κ3) is 4.71. The van der Waals surface area contributed by atoms with Crippen molar-refractivity contribution in [3.63, 3.8) is 0 Å². The number of nitrogens with zero attached hydrogens (tertiary/aromatic N) is 3. The monoisotopic (exact) mass is 396 g/mol. The number of amides is 2. The van der Waals surface area contributed by atoms with Crippen molar-refractivity contribution in [3.8, 4) is 0 Å². The number of carbonyl (C=O) groups excluding carboxylic acids is 2. The third-order valence-electron chi connectivity index (χ3n) is 5.20. The number of hydrogen-bond donors (Lipinski definition) is 1. The first-order chi connectivity index (χ1) is 13.9. The highest BCUT2D eigenvalue weighted by atomic mass is 16.6. The zero-order valence-electron chi connectivity index (χ0n) is 16.6. The standard InChI is InChI=1S/C21H24N4O4/c1-15-5-3-4-6-18(15)14-22-21(27)17-7-8-19(20(13-17)25(28)29)24-11-9-23(10-12-24)16(2)26/h3-8,13H,9-12,14H2,1-2H3,(H,22,27). The van der Waals surface area contributed by atoms with Crippen LogP contribution in [0.15, 0.2) is 42.5 Å². The molecule has 2 aromatic rings. The maximum Gasteiger partial charge on any atom is 0.293 e. The number of rotatable bonds is 5. The van der Waals surface area contributed by atoms with Gasteiger partial charge in [0.1, 0.15) is 5.69 Å². The second kappa shape index (κ2) is 8.72. The van der Waals surface area contributed by atoms with Crippen LogP contribution < -0.4 is 10.2 Å². The van der Waals surface area contributed by atoms with Crippen LogP contribution in [-0.2, 0) is 11.3 Å². The quantitative estimate of drug-likeness (QED) is 0.619. The lowest BCUT2D eigenvalue weighted by atomic mass is 10.1. The van der Waals surface area contributed by atoms with Gasteiger partial charge >= 0.3 is 0 Å². The lowest BCUT2D eigenvalue weighted by Crippen LogP contribution is -2.48. The number of nitrogens with one attached hydrogen (secondary N) is 1. The summed E-state index contributed by atoms with van der Waals surface area (Å²) in [7, 11) is 0. The Morgan fingerprint density at radius 3 is 2.41 bits per heavy atom. The summed E-state index contributed by atoms with van der Waals surface area (Å²) < 4.78 is 0. The molecular formula is C21H24N4O4. The topological polar surface area (TPSA) is 95.8 Å². The van der Waals surface area contributed by atoms with E-state index in [-0.39, 0.29) is 23.1 Å². The molecule has 3 rings (SSSR count). The summed E-state index contributed by atoms with van der Waals surface area (Å²) >= 11 is 0. The number of piperazine rings is 1. The highest BCUT2D eigenvalue weighted by Gasteiger charge is 2.25. The lowest BCUT2D eigenvalue weighted by Gasteiger charge is -2.35. The van der Waals surface area contributed by atoms with Gasteiger partial charge in [0.15, 0.2) is 0 Å². The Labute approximate surface area is 169 Å². The minimum Gasteiger partial charge on any atom is -0.362 e. The van der Waals surface area contributed by atoms with E-state index in [1.165, 1.54) is 13.0 Å². The highest BCUT2D eigenvalue weighted by molar-refractivity contribution is 5.95. The van der Waals surface area contributed by atoms with Crippen molar-refractivity contribution in [1.29, 1.82) is 0 Å². The van der Waals surface area contributed by atoms with Gasteiger partial charge in [-0.05, 0) is 30.2 Å². The molecule has 8 nitrogen and oxygen atoms in total. The van der Waals surface area contributed by atoms with E-state index in [4.69, 9.17) is 0 Å². The molecule has 0 spiro atoms. The minimum atomic E-state index is -0.467. The predicted molar refractivity (Wildman–Crippen MR) is 110 cm³/mol. The second-order valence-electron chi connectivity index (χ2n) is 7.06. The van der Waals surface area contributed by atoms with Crippen molar-refractivity contribution in [2.45, 2.75) is 20.4 Å². The molecule has 1 saturated heterocycles. The molecule has 152 valence electrons. The number of anilines is 1. The van der Waals surface area contributed by atoms with Gasteiger partial charge in [-0.2, -0.15) is 0 Å². The molecule has 1 N–H and O–H groups in total. The molecule has 2 aromatic carbocycles. The van der Waals surface area contributed by atoms with Gasteiger partial charge in [0.05, 0.1) is 4.92 Å². The molecule has 1 fully saturated rings. The number of nitro groups is 1. The lowest BCUT2D eigenvalue weighted by molar-refractivity contribution is -0.384. The Bertz CT molecular complexity index is 936. The molecule has 2 amide bonds. The maximum absolute atomic E-state index is 12.5. The van der Waals surface area contributed by atoms with Gasteiger partial charge in [-0.3, -0.25) is 19.7 Å². The molecule has 1 aliphatic rings. The van der Waals surface area contributed by atoms with Crippen LogP contribution in [0.25, 0.3) is 0 Å². The predicted octanol–water partition coefficient (Wildman–Crippen LogP) is 2.50. The van der Waals surface area contributed by atoms with Gasteiger partial charge in [-0.15, -0.1) is 0 Å². The average molecular weight is 396 g/mol. The van der Waals surface area contributed by atoms with Gasteiger partial charge in [0.25, 0.3) is 11.6 Å².